The van der Waals surface area contributed by atoms with Crippen molar-refractivity contribution in [1.82, 2.24) is 0 Å². The maximum absolute atomic E-state index is 11.2. The van der Waals surface area contributed by atoms with Crippen molar-refractivity contribution in [2.24, 2.45) is 11.7 Å². The van der Waals surface area contributed by atoms with Crippen molar-refractivity contribution >= 4 is 5.91 Å². The molecule has 2 nitrogen and oxygen atoms in total. The van der Waals surface area contributed by atoms with Gasteiger partial charge < -0.3 is 5.73 Å². The fraction of sp³-hybridized carbons (Fsp3) is 0.462. The van der Waals surface area contributed by atoms with Crippen molar-refractivity contribution < 1.29 is 4.79 Å². The van der Waals surface area contributed by atoms with Gasteiger partial charge >= 0.3 is 0 Å². The van der Waals surface area contributed by atoms with Gasteiger partial charge in [-0.2, -0.15) is 0 Å². The molecule has 2 N–H and O–H groups in total. The highest BCUT2D eigenvalue weighted by Crippen LogP contribution is 2.35. The van der Waals surface area contributed by atoms with Gasteiger partial charge in [0.2, 0.25) is 5.91 Å². The molecule has 0 spiro atoms. The molecule has 1 aliphatic rings. The summed E-state index contributed by atoms with van der Waals surface area (Å²) in [4.78, 5) is 11.2. The van der Waals surface area contributed by atoms with Crippen LogP contribution in [0.4, 0.5) is 0 Å². The number of rotatable bonds is 2. The molecule has 1 aromatic rings. The van der Waals surface area contributed by atoms with E-state index < -0.39 is 0 Å². The lowest BCUT2D eigenvalue weighted by Gasteiger charge is -2.27. The van der Waals surface area contributed by atoms with Crippen LogP contribution in [0.1, 0.15) is 37.2 Å². The molecule has 80 valence electrons. The van der Waals surface area contributed by atoms with E-state index in [4.69, 9.17) is 5.73 Å². The molecular weight excluding hydrogens is 186 g/mol. The molecule has 0 aromatic heterocycles. The Morgan fingerprint density at radius 2 is 1.93 bits per heavy atom. The number of primary amides is 1. The Labute approximate surface area is 90.5 Å². The van der Waals surface area contributed by atoms with Gasteiger partial charge in [-0.3, -0.25) is 4.79 Å². The minimum absolute atomic E-state index is 0.0870. The normalized spacial score (nSPS) is 26.1. The third kappa shape index (κ3) is 2.38. The van der Waals surface area contributed by atoms with Gasteiger partial charge in [0.05, 0.1) is 0 Å². The summed E-state index contributed by atoms with van der Waals surface area (Å²) in [6.45, 7) is 0. The van der Waals surface area contributed by atoms with E-state index in [1.54, 1.807) is 0 Å². The first-order chi connectivity index (χ1) is 7.27. The van der Waals surface area contributed by atoms with E-state index in [1.165, 1.54) is 12.0 Å². The summed E-state index contributed by atoms with van der Waals surface area (Å²) < 4.78 is 0. The fourth-order valence-electron chi connectivity index (χ4n) is 2.48. The summed E-state index contributed by atoms with van der Waals surface area (Å²) in [7, 11) is 0. The van der Waals surface area contributed by atoms with Gasteiger partial charge in [0.1, 0.15) is 0 Å². The lowest BCUT2D eigenvalue weighted by atomic mass is 9.78. The second-order valence-corrected chi connectivity index (χ2v) is 4.37. The van der Waals surface area contributed by atoms with Gasteiger partial charge in [0.25, 0.3) is 0 Å². The van der Waals surface area contributed by atoms with E-state index in [0.29, 0.717) is 5.92 Å². The molecule has 2 atom stereocenters. The van der Waals surface area contributed by atoms with Crippen LogP contribution >= 0.6 is 0 Å². The molecular formula is C13H17NO. The Hall–Kier alpha value is -1.31. The summed E-state index contributed by atoms with van der Waals surface area (Å²) in [5.41, 5.74) is 6.72. The molecule has 0 saturated heterocycles. The van der Waals surface area contributed by atoms with Crippen LogP contribution in [0.15, 0.2) is 30.3 Å². The molecule has 2 rings (SSSR count). The number of amides is 1. The van der Waals surface area contributed by atoms with Crippen molar-refractivity contribution in [2.45, 2.75) is 31.6 Å². The van der Waals surface area contributed by atoms with E-state index >= 15 is 0 Å². The second kappa shape index (κ2) is 4.47. The molecule has 0 aliphatic heterocycles. The van der Waals surface area contributed by atoms with Crippen molar-refractivity contribution in [3.8, 4) is 0 Å². The van der Waals surface area contributed by atoms with Crippen LogP contribution in [0, 0.1) is 5.92 Å². The van der Waals surface area contributed by atoms with Gasteiger partial charge in [0, 0.05) is 5.92 Å². The first kappa shape index (κ1) is 10.2. The van der Waals surface area contributed by atoms with Crippen LogP contribution in [0.3, 0.4) is 0 Å². The van der Waals surface area contributed by atoms with Crippen LogP contribution in [-0.2, 0) is 4.79 Å². The van der Waals surface area contributed by atoms with Crippen molar-refractivity contribution in [3.63, 3.8) is 0 Å². The molecule has 15 heavy (non-hydrogen) atoms. The largest absolute Gasteiger partial charge is 0.369 e. The molecule has 1 aliphatic carbocycles. The highest BCUT2D eigenvalue weighted by molar-refractivity contribution is 5.76. The molecule has 0 radical (unpaired) electrons. The monoisotopic (exact) mass is 203 g/mol. The third-order valence-electron chi connectivity index (χ3n) is 3.35. The quantitative estimate of drug-likeness (QED) is 0.788. The molecule has 0 bridgehead atoms. The van der Waals surface area contributed by atoms with Gasteiger partial charge in [0.15, 0.2) is 0 Å². The van der Waals surface area contributed by atoms with E-state index in [2.05, 4.69) is 24.3 Å². The van der Waals surface area contributed by atoms with Crippen LogP contribution in [0.25, 0.3) is 0 Å². The van der Waals surface area contributed by atoms with Crippen LogP contribution in [0.5, 0.6) is 0 Å². The Bertz CT molecular complexity index is 334. The average molecular weight is 203 g/mol. The maximum Gasteiger partial charge on any atom is 0.220 e. The molecule has 1 saturated carbocycles. The maximum atomic E-state index is 11.2. The van der Waals surface area contributed by atoms with Crippen molar-refractivity contribution in [2.75, 3.05) is 0 Å². The summed E-state index contributed by atoms with van der Waals surface area (Å²) in [6, 6.07) is 10.4. The Morgan fingerprint density at radius 3 is 2.60 bits per heavy atom. The number of carbonyl (C=O) groups is 1. The minimum atomic E-state index is -0.129. The van der Waals surface area contributed by atoms with Gasteiger partial charge in [-0.1, -0.05) is 36.8 Å². The second-order valence-electron chi connectivity index (χ2n) is 4.37. The zero-order valence-electron chi connectivity index (χ0n) is 8.86. The number of hydrogen-bond donors (Lipinski definition) is 1. The van der Waals surface area contributed by atoms with E-state index in [0.717, 1.165) is 19.3 Å². The molecule has 0 heterocycles. The molecule has 0 unspecified atom stereocenters. The summed E-state index contributed by atoms with van der Waals surface area (Å²) in [5.74, 6) is 0.483. The Kier molecular flexibility index (Phi) is 3.05. The highest BCUT2D eigenvalue weighted by Gasteiger charge is 2.26. The first-order valence-electron chi connectivity index (χ1n) is 5.61. The van der Waals surface area contributed by atoms with Crippen LogP contribution < -0.4 is 5.73 Å². The average Bonchev–Trinajstić information content (AvgIpc) is 2.30. The smallest absolute Gasteiger partial charge is 0.220 e. The van der Waals surface area contributed by atoms with Gasteiger partial charge in [-0.25, -0.2) is 0 Å². The van der Waals surface area contributed by atoms with E-state index in [1.807, 2.05) is 6.07 Å². The Morgan fingerprint density at radius 1 is 1.20 bits per heavy atom. The lowest BCUT2D eigenvalue weighted by Crippen LogP contribution is -2.27. The third-order valence-corrected chi connectivity index (χ3v) is 3.35. The van der Waals surface area contributed by atoms with E-state index in [9.17, 15) is 4.79 Å². The standard InChI is InChI=1S/C13H17NO/c14-13(15)12-8-4-7-11(9-12)10-5-2-1-3-6-10/h1-3,5-6,11-12H,4,7-9H2,(H2,14,15)/t11-,12+/m1/s1. The zero-order chi connectivity index (χ0) is 10.7. The fourth-order valence-corrected chi connectivity index (χ4v) is 2.48. The molecule has 1 amide bonds. The highest BCUT2D eigenvalue weighted by atomic mass is 16.1. The van der Waals surface area contributed by atoms with Crippen LogP contribution in [-0.4, -0.2) is 5.91 Å². The minimum Gasteiger partial charge on any atom is -0.369 e. The summed E-state index contributed by atoms with van der Waals surface area (Å²) in [5, 5.41) is 0. The first-order valence-corrected chi connectivity index (χ1v) is 5.61. The predicted molar refractivity (Wildman–Crippen MR) is 60.3 cm³/mol. The molecule has 1 aromatic carbocycles. The van der Waals surface area contributed by atoms with E-state index in [-0.39, 0.29) is 11.8 Å². The SMILES string of the molecule is NC(=O)[C@H]1CCC[C@@H](c2ccccc2)C1. The van der Waals surface area contributed by atoms with Gasteiger partial charge in [-0.15, -0.1) is 0 Å². The summed E-state index contributed by atoms with van der Waals surface area (Å²) in [6.07, 6.45) is 4.21. The number of carbonyl (C=O) groups excluding carboxylic acids is 1. The number of hydrogen-bond acceptors (Lipinski definition) is 1. The van der Waals surface area contributed by atoms with Crippen molar-refractivity contribution in [1.29, 1.82) is 0 Å². The topological polar surface area (TPSA) is 43.1 Å². The van der Waals surface area contributed by atoms with Gasteiger partial charge in [-0.05, 0) is 30.7 Å². The molecule has 1 fully saturated rings. The number of benzene rings is 1. The number of nitrogens with two attached hydrogens (primary N) is 1. The Balaban J connectivity index is 2.08. The van der Waals surface area contributed by atoms with Crippen molar-refractivity contribution in [3.05, 3.63) is 35.9 Å². The zero-order valence-corrected chi connectivity index (χ0v) is 8.86. The predicted octanol–water partition coefficient (Wildman–Crippen LogP) is 2.45. The lowest BCUT2D eigenvalue weighted by molar-refractivity contribution is -0.122. The summed E-state index contributed by atoms with van der Waals surface area (Å²) >= 11 is 0. The van der Waals surface area contributed by atoms with Crippen LogP contribution in [0.2, 0.25) is 0 Å². The molecule has 2 heteroatoms.